The first kappa shape index (κ1) is 16.3. The molecule has 0 aromatic heterocycles. The highest BCUT2D eigenvalue weighted by molar-refractivity contribution is 7.80. The minimum Gasteiger partial charge on any atom is -0.497 e. The van der Waals surface area contributed by atoms with Gasteiger partial charge in [-0.15, -0.1) is 0 Å². The topological polar surface area (TPSA) is 33.3 Å². The van der Waals surface area contributed by atoms with E-state index in [4.69, 9.17) is 17.0 Å². The number of rotatable bonds is 4. The van der Waals surface area contributed by atoms with Crippen LogP contribution in [0, 0.1) is 0 Å². The van der Waals surface area contributed by atoms with E-state index >= 15 is 0 Å². The molecule has 3 aromatic carbocycles. The first-order chi connectivity index (χ1) is 11.7. The summed E-state index contributed by atoms with van der Waals surface area (Å²) in [4.78, 5) is 0. The molecule has 2 N–H and O–H groups in total. The van der Waals surface area contributed by atoms with Crippen molar-refractivity contribution in [1.29, 1.82) is 0 Å². The molecule has 0 radical (unpaired) electrons. The van der Waals surface area contributed by atoms with Crippen LogP contribution in [0.3, 0.4) is 0 Å². The van der Waals surface area contributed by atoms with Crippen LogP contribution in [-0.4, -0.2) is 12.2 Å². The van der Waals surface area contributed by atoms with E-state index in [-0.39, 0.29) is 6.04 Å². The van der Waals surface area contributed by atoms with Crippen molar-refractivity contribution >= 4 is 33.8 Å². The third-order valence-corrected chi connectivity index (χ3v) is 4.20. The van der Waals surface area contributed by atoms with Crippen LogP contribution in [0.15, 0.2) is 66.7 Å². The minimum atomic E-state index is 0.0788. The number of methoxy groups -OCH3 is 1. The maximum absolute atomic E-state index is 5.48. The molecule has 0 unspecified atom stereocenters. The highest BCUT2D eigenvalue weighted by atomic mass is 32.1. The lowest BCUT2D eigenvalue weighted by Gasteiger charge is -2.18. The van der Waals surface area contributed by atoms with E-state index < -0.39 is 0 Å². The predicted molar refractivity (Wildman–Crippen MR) is 105 cm³/mol. The van der Waals surface area contributed by atoms with Crippen LogP contribution in [0.25, 0.3) is 10.8 Å². The molecule has 122 valence electrons. The second-order valence-corrected chi connectivity index (χ2v) is 6.03. The van der Waals surface area contributed by atoms with E-state index in [0.29, 0.717) is 5.11 Å². The van der Waals surface area contributed by atoms with Crippen LogP contribution in [-0.2, 0) is 0 Å². The monoisotopic (exact) mass is 336 g/mol. The highest BCUT2D eigenvalue weighted by Crippen LogP contribution is 2.23. The molecule has 0 heterocycles. The summed E-state index contributed by atoms with van der Waals surface area (Å²) >= 11 is 5.48. The summed E-state index contributed by atoms with van der Waals surface area (Å²) < 4.78 is 5.28. The smallest absolute Gasteiger partial charge is 0.171 e. The van der Waals surface area contributed by atoms with Gasteiger partial charge in [-0.2, -0.15) is 0 Å². The van der Waals surface area contributed by atoms with Crippen LogP contribution in [0.4, 0.5) is 5.69 Å². The molecule has 0 aliphatic rings. The molecule has 0 fully saturated rings. The Bertz CT molecular complexity index is 858. The fraction of sp³-hybridized carbons (Fsp3) is 0.150. The molecule has 0 amide bonds. The van der Waals surface area contributed by atoms with Gasteiger partial charge >= 0.3 is 0 Å². The average Bonchev–Trinajstić information content (AvgIpc) is 2.62. The molecule has 0 saturated heterocycles. The number of thiocarbonyl (C=S) groups is 1. The van der Waals surface area contributed by atoms with Crippen molar-refractivity contribution < 1.29 is 4.74 Å². The summed E-state index contributed by atoms with van der Waals surface area (Å²) in [7, 11) is 1.67. The molecule has 1 atom stereocenters. The van der Waals surface area contributed by atoms with E-state index in [1.54, 1.807) is 7.11 Å². The van der Waals surface area contributed by atoms with Crippen molar-refractivity contribution in [1.82, 2.24) is 5.32 Å². The third kappa shape index (κ3) is 3.66. The zero-order valence-corrected chi connectivity index (χ0v) is 14.6. The lowest BCUT2D eigenvalue weighted by Crippen LogP contribution is -2.30. The van der Waals surface area contributed by atoms with Crippen LogP contribution in [0.1, 0.15) is 18.5 Å². The Labute approximate surface area is 147 Å². The van der Waals surface area contributed by atoms with E-state index in [2.05, 4.69) is 41.8 Å². The molecular formula is C20H20N2OS. The molecule has 24 heavy (non-hydrogen) atoms. The lowest BCUT2D eigenvalue weighted by atomic mass is 10.1. The zero-order chi connectivity index (χ0) is 16.9. The van der Waals surface area contributed by atoms with Crippen molar-refractivity contribution in [2.75, 3.05) is 12.4 Å². The van der Waals surface area contributed by atoms with Gasteiger partial charge in [0.2, 0.25) is 0 Å². The van der Waals surface area contributed by atoms with Gasteiger partial charge in [0.05, 0.1) is 13.2 Å². The maximum atomic E-state index is 5.48. The van der Waals surface area contributed by atoms with Crippen molar-refractivity contribution in [3.63, 3.8) is 0 Å². The molecular weight excluding hydrogens is 316 g/mol. The summed E-state index contributed by atoms with van der Waals surface area (Å²) in [5, 5.41) is 9.56. The van der Waals surface area contributed by atoms with Gasteiger partial charge in [-0.05, 0) is 48.3 Å². The molecule has 0 aliphatic heterocycles. The number of anilines is 1. The Kier molecular flexibility index (Phi) is 4.96. The fourth-order valence-corrected chi connectivity index (χ4v) is 2.97. The SMILES string of the molecule is COc1cccc([C@H](C)NC(=S)Nc2cccc3ccccc23)c1. The number of fused-ring (bicyclic) bond motifs is 1. The number of ether oxygens (including phenoxy) is 1. The Morgan fingerprint density at radius 1 is 1.00 bits per heavy atom. The van der Waals surface area contributed by atoms with Crippen LogP contribution >= 0.6 is 12.2 Å². The minimum absolute atomic E-state index is 0.0788. The molecule has 0 saturated carbocycles. The first-order valence-electron chi connectivity index (χ1n) is 7.86. The van der Waals surface area contributed by atoms with Gasteiger partial charge in [0.1, 0.15) is 5.75 Å². The van der Waals surface area contributed by atoms with Crippen molar-refractivity contribution in [3.8, 4) is 5.75 Å². The van der Waals surface area contributed by atoms with Gasteiger partial charge in [-0.1, -0.05) is 48.5 Å². The Morgan fingerprint density at radius 2 is 1.75 bits per heavy atom. The van der Waals surface area contributed by atoms with Crippen LogP contribution in [0.2, 0.25) is 0 Å². The van der Waals surface area contributed by atoms with Crippen LogP contribution < -0.4 is 15.4 Å². The fourth-order valence-electron chi connectivity index (χ4n) is 2.68. The highest BCUT2D eigenvalue weighted by Gasteiger charge is 2.09. The van der Waals surface area contributed by atoms with Gasteiger partial charge in [0.25, 0.3) is 0 Å². The molecule has 3 rings (SSSR count). The molecule has 0 spiro atoms. The summed E-state index contributed by atoms with van der Waals surface area (Å²) in [5.74, 6) is 0.842. The largest absolute Gasteiger partial charge is 0.497 e. The molecule has 0 aliphatic carbocycles. The molecule has 0 bridgehead atoms. The number of hydrogen-bond acceptors (Lipinski definition) is 2. The zero-order valence-electron chi connectivity index (χ0n) is 13.7. The number of hydrogen-bond donors (Lipinski definition) is 2. The van der Waals surface area contributed by atoms with Crippen LogP contribution in [0.5, 0.6) is 5.75 Å². The number of nitrogens with one attached hydrogen (secondary N) is 2. The number of benzene rings is 3. The van der Waals surface area contributed by atoms with E-state index in [1.165, 1.54) is 5.39 Å². The Balaban J connectivity index is 1.72. The van der Waals surface area contributed by atoms with Gasteiger partial charge in [0.15, 0.2) is 5.11 Å². The second-order valence-electron chi connectivity index (χ2n) is 5.62. The average molecular weight is 336 g/mol. The van der Waals surface area contributed by atoms with Gasteiger partial charge in [-0.25, -0.2) is 0 Å². The molecule has 3 aromatic rings. The Hall–Kier alpha value is -2.59. The summed E-state index contributed by atoms with van der Waals surface area (Å²) in [6, 6.07) is 22.5. The lowest BCUT2D eigenvalue weighted by molar-refractivity contribution is 0.413. The summed E-state index contributed by atoms with van der Waals surface area (Å²) in [6.07, 6.45) is 0. The van der Waals surface area contributed by atoms with E-state index in [1.807, 2.05) is 42.5 Å². The molecule has 3 nitrogen and oxygen atoms in total. The normalized spacial score (nSPS) is 11.8. The van der Waals surface area contributed by atoms with E-state index in [0.717, 1.165) is 22.4 Å². The third-order valence-electron chi connectivity index (χ3n) is 3.98. The predicted octanol–water partition coefficient (Wildman–Crippen LogP) is 4.90. The summed E-state index contributed by atoms with van der Waals surface area (Å²) in [6.45, 7) is 2.08. The van der Waals surface area contributed by atoms with Gasteiger partial charge < -0.3 is 15.4 Å². The maximum Gasteiger partial charge on any atom is 0.171 e. The van der Waals surface area contributed by atoms with Crippen molar-refractivity contribution in [2.24, 2.45) is 0 Å². The Morgan fingerprint density at radius 3 is 2.58 bits per heavy atom. The van der Waals surface area contributed by atoms with Gasteiger partial charge in [-0.3, -0.25) is 0 Å². The van der Waals surface area contributed by atoms with E-state index in [9.17, 15) is 0 Å². The summed E-state index contributed by atoms with van der Waals surface area (Å²) in [5.41, 5.74) is 2.12. The molecule has 4 heteroatoms. The van der Waals surface area contributed by atoms with Gasteiger partial charge in [0, 0.05) is 11.1 Å². The first-order valence-corrected chi connectivity index (χ1v) is 8.27. The standard InChI is InChI=1S/C20H20N2OS/c1-14(16-9-5-10-17(13-16)23-2)21-20(24)22-19-12-6-8-15-7-3-4-11-18(15)19/h3-14H,1-2H3,(H2,21,22,24)/t14-/m0/s1. The van der Waals surface area contributed by atoms with Crippen molar-refractivity contribution in [2.45, 2.75) is 13.0 Å². The quantitative estimate of drug-likeness (QED) is 0.664. The van der Waals surface area contributed by atoms with Crippen molar-refractivity contribution in [3.05, 3.63) is 72.3 Å². The second kappa shape index (κ2) is 7.32.